The number of primary amides is 1. The summed E-state index contributed by atoms with van der Waals surface area (Å²) < 4.78 is 0. The van der Waals surface area contributed by atoms with Gasteiger partial charge in [0.15, 0.2) is 6.04 Å². The number of nitriles is 2. The number of aliphatic imine (C=N–C) groups is 1. The summed E-state index contributed by atoms with van der Waals surface area (Å²) >= 11 is 1.12. The highest BCUT2D eigenvalue weighted by Gasteiger charge is 2.29. The molecule has 0 aliphatic carbocycles. The van der Waals surface area contributed by atoms with Crippen LogP contribution in [0.2, 0.25) is 0 Å². The third-order valence-corrected chi connectivity index (χ3v) is 4.59. The largest absolute Gasteiger partial charge is 0.368 e. The number of benzene rings is 1. The fraction of sp³-hybridized carbons (Fsp3) is 0.250. The molecule has 1 amide bonds. The third-order valence-electron chi connectivity index (χ3n) is 3.33. The summed E-state index contributed by atoms with van der Waals surface area (Å²) in [5.74, 6) is -0.508. The molecule has 2 rings (SSSR count). The lowest BCUT2D eigenvalue weighted by Crippen LogP contribution is -2.37. The average molecular weight is 325 g/mol. The molecule has 0 saturated heterocycles. The topological polar surface area (TPSA) is 106 Å². The Hall–Kier alpha value is -2.77. The highest BCUT2D eigenvalue weighted by atomic mass is 32.2. The van der Waals surface area contributed by atoms with Crippen molar-refractivity contribution in [1.82, 2.24) is 4.90 Å². The Morgan fingerprint density at radius 2 is 2.13 bits per heavy atom. The second-order valence-corrected chi connectivity index (χ2v) is 5.81. The summed E-state index contributed by atoms with van der Waals surface area (Å²) in [6.45, 7) is 2.34. The molecule has 1 aromatic rings. The van der Waals surface area contributed by atoms with Crippen molar-refractivity contribution in [3.8, 4) is 12.1 Å². The van der Waals surface area contributed by atoms with Crippen LogP contribution >= 0.6 is 11.8 Å². The average Bonchev–Trinajstić information content (AvgIpc) is 2.59. The second kappa shape index (κ2) is 7.48. The predicted molar refractivity (Wildman–Crippen MR) is 88.9 cm³/mol. The maximum Gasteiger partial charge on any atom is 0.235 e. The van der Waals surface area contributed by atoms with Crippen LogP contribution in [0.1, 0.15) is 17.7 Å². The summed E-state index contributed by atoms with van der Waals surface area (Å²) in [5.41, 5.74) is 6.54. The molecule has 0 radical (unpaired) electrons. The monoisotopic (exact) mass is 325 g/mol. The van der Waals surface area contributed by atoms with Crippen molar-refractivity contribution in [2.45, 2.75) is 18.2 Å². The number of thioether (sulfide) groups is 1. The molecule has 1 aliphatic rings. The van der Waals surface area contributed by atoms with Crippen LogP contribution in [0.15, 0.2) is 46.1 Å². The SMILES string of the molecule is CCN1C(C#N)=C(SC(C(N)=O)c2ccccc2)N=CC1C#N. The summed E-state index contributed by atoms with van der Waals surface area (Å²) in [4.78, 5) is 17.7. The molecule has 0 aromatic heterocycles. The summed E-state index contributed by atoms with van der Waals surface area (Å²) in [6, 6.07) is 12.7. The van der Waals surface area contributed by atoms with E-state index in [0.29, 0.717) is 11.6 Å². The first-order chi connectivity index (χ1) is 11.1. The van der Waals surface area contributed by atoms with E-state index in [9.17, 15) is 10.1 Å². The Morgan fingerprint density at radius 3 is 2.65 bits per heavy atom. The van der Waals surface area contributed by atoms with Crippen LogP contribution in [0.25, 0.3) is 0 Å². The molecule has 0 saturated carbocycles. The van der Waals surface area contributed by atoms with Crippen molar-refractivity contribution < 1.29 is 4.79 Å². The number of hydrogen-bond acceptors (Lipinski definition) is 6. The predicted octanol–water partition coefficient (Wildman–Crippen LogP) is 1.94. The first-order valence-electron chi connectivity index (χ1n) is 6.98. The van der Waals surface area contributed by atoms with E-state index in [2.05, 4.69) is 17.1 Å². The second-order valence-electron chi connectivity index (χ2n) is 4.71. The van der Waals surface area contributed by atoms with Crippen molar-refractivity contribution in [2.24, 2.45) is 10.7 Å². The zero-order valence-electron chi connectivity index (χ0n) is 12.5. The molecule has 116 valence electrons. The van der Waals surface area contributed by atoms with E-state index in [4.69, 9.17) is 11.0 Å². The minimum Gasteiger partial charge on any atom is -0.368 e. The Morgan fingerprint density at radius 1 is 1.43 bits per heavy atom. The molecule has 1 aromatic carbocycles. The summed E-state index contributed by atoms with van der Waals surface area (Å²) in [6.07, 6.45) is 1.48. The lowest BCUT2D eigenvalue weighted by Gasteiger charge is -2.29. The van der Waals surface area contributed by atoms with E-state index < -0.39 is 17.2 Å². The van der Waals surface area contributed by atoms with E-state index >= 15 is 0 Å². The number of nitrogens with two attached hydrogens (primary N) is 1. The van der Waals surface area contributed by atoms with Gasteiger partial charge in [-0.2, -0.15) is 10.5 Å². The molecular formula is C16H15N5OS. The van der Waals surface area contributed by atoms with E-state index in [1.165, 1.54) is 6.21 Å². The lowest BCUT2D eigenvalue weighted by atomic mass is 10.1. The molecule has 6 nitrogen and oxygen atoms in total. The van der Waals surface area contributed by atoms with Crippen LogP contribution in [0.3, 0.4) is 0 Å². The number of nitrogens with zero attached hydrogens (tertiary/aromatic N) is 4. The number of hydrogen-bond donors (Lipinski definition) is 1. The first-order valence-corrected chi connectivity index (χ1v) is 7.86. The van der Waals surface area contributed by atoms with E-state index in [1.807, 2.05) is 25.1 Å². The van der Waals surface area contributed by atoms with Crippen LogP contribution in [0.5, 0.6) is 0 Å². The van der Waals surface area contributed by atoms with Crippen LogP contribution in [-0.4, -0.2) is 29.6 Å². The van der Waals surface area contributed by atoms with Crippen LogP contribution in [0.4, 0.5) is 0 Å². The smallest absolute Gasteiger partial charge is 0.235 e. The molecule has 0 fully saturated rings. The van der Waals surface area contributed by atoms with Gasteiger partial charge in [0.25, 0.3) is 0 Å². The van der Waals surface area contributed by atoms with Crippen LogP contribution in [0, 0.1) is 22.7 Å². The van der Waals surface area contributed by atoms with Gasteiger partial charge in [-0.1, -0.05) is 42.1 Å². The quantitative estimate of drug-likeness (QED) is 0.890. The normalized spacial score (nSPS) is 18.2. The highest BCUT2D eigenvalue weighted by Crippen LogP contribution is 2.38. The highest BCUT2D eigenvalue weighted by molar-refractivity contribution is 8.03. The van der Waals surface area contributed by atoms with Gasteiger partial charge in [0.2, 0.25) is 5.91 Å². The molecular weight excluding hydrogens is 310 g/mol. The fourth-order valence-corrected chi connectivity index (χ4v) is 3.26. The van der Waals surface area contributed by atoms with Crippen molar-refractivity contribution in [3.63, 3.8) is 0 Å². The van der Waals surface area contributed by atoms with Crippen molar-refractivity contribution in [3.05, 3.63) is 46.6 Å². The Balaban J connectivity index is 2.38. The van der Waals surface area contributed by atoms with Gasteiger partial charge in [0.1, 0.15) is 22.0 Å². The van der Waals surface area contributed by atoms with Crippen molar-refractivity contribution in [1.29, 1.82) is 10.5 Å². The van der Waals surface area contributed by atoms with E-state index in [0.717, 1.165) is 17.3 Å². The van der Waals surface area contributed by atoms with Crippen molar-refractivity contribution >= 4 is 23.9 Å². The minimum absolute atomic E-state index is 0.286. The first kappa shape index (κ1) is 16.6. The number of carbonyl (C=O) groups excluding carboxylic acids is 1. The molecule has 7 heteroatoms. The van der Waals surface area contributed by atoms with Gasteiger partial charge in [-0.05, 0) is 12.5 Å². The zero-order chi connectivity index (χ0) is 16.8. The van der Waals surface area contributed by atoms with E-state index in [-0.39, 0.29) is 5.70 Å². The maximum absolute atomic E-state index is 11.8. The molecule has 2 atom stereocenters. The Bertz CT molecular complexity index is 729. The van der Waals surface area contributed by atoms with E-state index in [1.54, 1.807) is 17.0 Å². The standard InChI is InChI=1S/C16H15N5OS/c1-2-21-12(8-17)10-20-16(13(21)9-18)23-14(15(19)22)11-6-4-3-5-7-11/h3-7,10,12,14H,2H2,1H3,(H2,19,22). The summed E-state index contributed by atoms with van der Waals surface area (Å²) in [7, 11) is 0. The van der Waals surface area contributed by atoms with Crippen LogP contribution in [-0.2, 0) is 4.79 Å². The van der Waals surface area contributed by atoms with Gasteiger partial charge in [-0.3, -0.25) is 4.79 Å². The molecule has 23 heavy (non-hydrogen) atoms. The van der Waals surface area contributed by atoms with Crippen LogP contribution < -0.4 is 5.73 Å². The zero-order valence-corrected chi connectivity index (χ0v) is 13.3. The fourth-order valence-electron chi connectivity index (χ4n) is 2.23. The molecule has 0 bridgehead atoms. The summed E-state index contributed by atoms with van der Waals surface area (Å²) in [5, 5.41) is 18.3. The molecule has 2 unspecified atom stereocenters. The van der Waals surface area contributed by atoms with Gasteiger partial charge in [0, 0.05) is 12.8 Å². The maximum atomic E-state index is 11.8. The molecule has 0 spiro atoms. The number of rotatable bonds is 5. The molecule has 1 heterocycles. The minimum atomic E-state index is -0.649. The van der Waals surface area contributed by atoms with Gasteiger partial charge < -0.3 is 10.6 Å². The Kier molecular flexibility index (Phi) is 5.40. The van der Waals surface area contributed by atoms with Gasteiger partial charge in [0.05, 0.1) is 6.07 Å². The number of allylic oxidation sites excluding steroid dienone is 1. The molecule has 2 N–H and O–H groups in total. The van der Waals surface area contributed by atoms with Gasteiger partial charge >= 0.3 is 0 Å². The number of carbonyl (C=O) groups is 1. The van der Waals surface area contributed by atoms with Gasteiger partial charge in [-0.15, -0.1) is 0 Å². The number of amides is 1. The van der Waals surface area contributed by atoms with Gasteiger partial charge in [-0.25, -0.2) is 4.99 Å². The molecule has 1 aliphatic heterocycles. The Labute approximate surface area is 138 Å². The third kappa shape index (κ3) is 3.53. The van der Waals surface area contributed by atoms with Crippen molar-refractivity contribution in [2.75, 3.05) is 6.54 Å². The lowest BCUT2D eigenvalue weighted by molar-refractivity contribution is -0.117.